The van der Waals surface area contributed by atoms with Crippen LogP contribution in [-0.4, -0.2) is 22.5 Å². The van der Waals surface area contributed by atoms with Crippen molar-refractivity contribution < 1.29 is 18.7 Å². The van der Waals surface area contributed by atoms with E-state index in [-0.39, 0.29) is 30.9 Å². The number of carbonyl (C=O) groups excluding carboxylic acids is 1. The average molecular weight is 365 g/mol. The van der Waals surface area contributed by atoms with Crippen LogP contribution >= 0.6 is 0 Å². The molecule has 2 aromatic carbocycles. The zero-order valence-corrected chi connectivity index (χ0v) is 14.3. The summed E-state index contributed by atoms with van der Waals surface area (Å²) in [5.74, 6) is 1.21. The zero-order valence-electron chi connectivity index (χ0n) is 14.3. The minimum absolute atomic E-state index is 0.150. The molecule has 0 fully saturated rings. The van der Waals surface area contributed by atoms with Crippen molar-refractivity contribution in [2.45, 2.75) is 18.9 Å². The van der Waals surface area contributed by atoms with Gasteiger partial charge in [0.05, 0.1) is 12.7 Å². The quantitative estimate of drug-likeness (QED) is 0.774. The lowest BCUT2D eigenvalue weighted by Gasteiger charge is -2.24. The van der Waals surface area contributed by atoms with E-state index in [1.807, 2.05) is 18.2 Å². The Hall–Kier alpha value is -3.35. The fraction of sp³-hybridized carbons (Fsp3) is 0.200. The maximum absolute atomic E-state index is 14.3. The fourth-order valence-electron chi connectivity index (χ4n) is 3.64. The summed E-state index contributed by atoms with van der Waals surface area (Å²) in [7, 11) is 0. The number of hydrogen-bond acceptors (Lipinski definition) is 4. The molecule has 2 aliphatic rings. The van der Waals surface area contributed by atoms with Gasteiger partial charge in [0.1, 0.15) is 11.6 Å². The van der Waals surface area contributed by atoms with Gasteiger partial charge in [-0.1, -0.05) is 24.3 Å². The normalized spacial score (nSPS) is 17.5. The van der Waals surface area contributed by atoms with E-state index < -0.39 is 0 Å². The molecule has 1 N–H and O–H groups in total. The van der Waals surface area contributed by atoms with Crippen LogP contribution in [0.4, 0.5) is 10.2 Å². The Bertz CT molecular complexity index is 1050. The van der Waals surface area contributed by atoms with E-state index in [2.05, 4.69) is 10.4 Å². The first-order valence-electron chi connectivity index (χ1n) is 8.67. The molecular formula is C20H16FN3O3. The topological polar surface area (TPSA) is 65.4 Å². The van der Waals surface area contributed by atoms with Gasteiger partial charge in [0.25, 0.3) is 0 Å². The highest BCUT2D eigenvalue weighted by molar-refractivity contribution is 5.94. The summed E-state index contributed by atoms with van der Waals surface area (Å²) < 4.78 is 26.8. The van der Waals surface area contributed by atoms with Crippen LogP contribution in [0.15, 0.2) is 48.7 Å². The van der Waals surface area contributed by atoms with Gasteiger partial charge >= 0.3 is 0 Å². The van der Waals surface area contributed by atoms with Crippen molar-refractivity contribution >= 4 is 11.7 Å². The molecule has 136 valence electrons. The van der Waals surface area contributed by atoms with Crippen molar-refractivity contribution in [3.8, 4) is 11.5 Å². The second-order valence-corrected chi connectivity index (χ2v) is 6.62. The molecule has 1 amide bonds. The first kappa shape index (κ1) is 15.9. The van der Waals surface area contributed by atoms with E-state index in [0.717, 1.165) is 11.1 Å². The summed E-state index contributed by atoms with van der Waals surface area (Å²) in [6, 6.07) is 12.2. The number of halogens is 1. The molecular weight excluding hydrogens is 349 g/mol. The van der Waals surface area contributed by atoms with E-state index in [9.17, 15) is 9.18 Å². The lowest BCUT2D eigenvalue weighted by atomic mass is 9.87. The molecule has 1 aromatic heterocycles. The highest BCUT2D eigenvalue weighted by atomic mass is 19.1. The Morgan fingerprint density at radius 2 is 2.00 bits per heavy atom. The van der Waals surface area contributed by atoms with Crippen molar-refractivity contribution in [2.24, 2.45) is 0 Å². The molecule has 0 spiro atoms. The van der Waals surface area contributed by atoms with Crippen LogP contribution in [0, 0.1) is 5.82 Å². The fourth-order valence-corrected chi connectivity index (χ4v) is 3.64. The molecule has 0 saturated carbocycles. The second kappa shape index (κ2) is 6.12. The highest BCUT2D eigenvalue weighted by Gasteiger charge is 2.31. The molecule has 3 aromatic rings. The number of fused-ring (bicyclic) bond motifs is 2. The number of ether oxygens (including phenoxy) is 2. The van der Waals surface area contributed by atoms with E-state index in [1.165, 1.54) is 6.07 Å². The maximum atomic E-state index is 14.3. The van der Waals surface area contributed by atoms with Gasteiger partial charge in [-0.25, -0.2) is 9.07 Å². The van der Waals surface area contributed by atoms with Crippen LogP contribution in [-0.2, 0) is 11.3 Å². The third-order valence-electron chi connectivity index (χ3n) is 4.94. The number of anilines is 1. The molecule has 0 saturated heterocycles. The van der Waals surface area contributed by atoms with Gasteiger partial charge in [0, 0.05) is 17.9 Å². The summed E-state index contributed by atoms with van der Waals surface area (Å²) in [6.07, 6.45) is 1.91. The number of nitrogens with zero attached hydrogens (tertiary/aromatic N) is 2. The number of aromatic nitrogens is 2. The van der Waals surface area contributed by atoms with E-state index in [1.54, 1.807) is 29.1 Å². The van der Waals surface area contributed by atoms with Crippen LogP contribution in [0.3, 0.4) is 0 Å². The standard InChI is InChI=1S/C20H16FN3O3/c21-16-4-2-1-3-13(16)14-8-19(25)23-20-15(14)9-22-24(20)10-12-5-6-17-18(7-12)27-11-26-17/h1-7,9,14H,8,10-11H2,(H,23,25)/t14-/m0/s1. The maximum Gasteiger partial charge on any atom is 0.231 e. The lowest BCUT2D eigenvalue weighted by molar-refractivity contribution is -0.116. The average Bonchev–Trinajstić information content (AvgIpc) is 3.28. The highest BCUT2D eigenvalue weighted by Crippen LogP contribution is 2.38. The molecule has 0 aliphatic carbocycles. The summed E-state index contributed by atoms with van der Waals surface area (Å²) in [5.41, 5.74) is 2.30. The Labute approximate surface area is 154 Å². The third-order valence-corrected chi connectivity index (χ3v) is 4.94. The molecule has 0 radical (unpaired) electrons. The predicted molar refractivity (Wildman–Crippen MR) is 95.4 cm³/mol. The van der Waals surface area contributed by atoms with Gasteiger partial charge in [0.2, 0.25) is 12.7 Å². The summed E-state index contributed by atoms with van der Waals surface area (Å²) in [4.78, 5) is 12.3. The molecule has 6 nitrogen and oxygen atoms in total. The van der Waals surface area contributed by atoms with Gasteiger partial charge in [0.15, 0.2) is 11.5 Å². The SMILES string of the molecule is O=C1C[C@@H](c2ccccc2F)c2cnn(Cc3ccc4c(c3)OCO4)c2N1. The van der Waals surface area contributed by atoms with Gasteiger partial charge in [-0.2, -0.15) is 5.10 Å². The molecule has 2 aliphatic heterocycles. The minimum Gasteiger partial charge on any atom is -0.454 e. The van der Waals surface area contributed by atoms with Crippen LogP contribution in [0.2, 0.25) is 0 Å². The number of nitrogens with one attached hydrogen (secondary N) is 1. The first-order chi connectivity index (χ1) is 13.2. The van der Waals surface area contributed by atoms with Crippen LogP contribution in [0.1, 0.15) is 29.0 Å². The van der Waals surface area contributed by atoms with Gasteiger partial charge in [-0.15, -0.1) is 0 Å². The molecule has 27 heavy (non-hydrogen) atoms. The number of amides is 1. The smallest absolute Gasteiger partial charge is 0.231 e. The van der Waals surface area contributed by atoms with Crippen molar-refractivity contribution in [2.75, 3.05) is 12.1 Å². The van der Waals surface area contributed by atoms with E-state index in [4.69, 9.17) is 9.47 Å². The van der Waals surface area contributed by atoms with E-state index in [0.29, 0.717) is 29.4 Å². The number of rotatable bonds is 3. The lowest BCUT2D eigenvalue weighted by Crippen LogP contribution is -2.25. The van der Waals surface area contributed by atoms with Crippen LogP contribution in [0.25, 0.3) is 0 Å². The number of carbonyl (C=O) groups is 1. The Morgan fingerprint density at radius 3 is 2.89 bits per heavy atom. The van der Waals surface area contributed by atoms with Crippen molar-refractivity contribution in [1.82, 2.24) is 9.78 Å². The summed E-state index contributed by atoms with van der Waals surface area (Å²) >= 11 is 0. The van der Waals surface area contributed by atoms with Crippen molar-refractivity contribution in [3.63, 3.8) is 0 Å². The van der Waals surface area contributed by atoms with Gasteiger partial charge in [-0.3, -0.25) is 4.79 Å². The predicted octanol–water partition coefficient (Wildman–Crippen LogP) is 3.27. The van der Waals surface area contributed by atoms with Crippen LogP contribution < -0.4 is 14.8 Å². The minimum atomic E-state index is -0.347. The Balaban J connectivity index is 1.50. The number of benzene rings is 2. The second-order valence-electron chi connectivity index (χ2n) is 6.62. The molecule has 5 rings (SSSR count). The third kappa shape index (κ3) is 2.71. The summed E-state index contributed by atoms with van der Waals surface area (Å²) in [5, 5.41) is 7.32. The first-order valence-corrected chi connectivity index (χ1v) is 8.67. The number of hydrogen-bond donors (Lipinski definition) is 1. The summed E-state index contributed by atoms with van der Waals surface area (Å²) in [6.45, 7) is 0.673. The molecule has 3 heterocycles. The van der Waals surface area contributed by atoms with Gasteiger partial charge < -0.3 is 14.8 Å². The van der Waals surface area contributed by atoms with Crippen LogP contribution in [0.5, 0.6) is 11.5 Å². The van der Waals surface area contributed by atoms with Gasteiger partial charge in [-0.05, 0) is 29.3 Å². The molecule has 1 atom stereocenters. The molecule has 0 unspecified atom stereocenters. The monoisotopic (exact) mass is 365 g/mol. The Kier molecular flexibility index (Phi) is 3.60. The molecule has 0 bridgehead atoms. The molecule has 7 heteroatoms. The zero-order chi connectivity index (χ0) is 18.4. The van der Waals surface area contributed by atoms with Crippen molar-refractivity contribution in [1.29, 1.82) is 0 Å². The Morgan fingerprint density at radius 1 is 1.15 bits per heavy atom. The van der Waals surface area contributed by atoms with E-state index >= 15 is 0 Å². The largest absolute Gasteiger partial charge is 0.454 e. The van der Waals surface area contributed by atoms with Crippen molar-refractivity contribution in [3.05, 3.63) is 71.2 Å².